The van der Waals surface area contributed by atoms with Gasteiger partial charge in [-0.15, -0.1) is 24.8 Å². The first-order valence-corrected chi connectivity index (χ1v) is 6.29. The summed E-state index contributed by atoms with van der Waals surface area (Å²) in [6, 6.07) is 5.73. The fraction of sp³-hybridized carbons (Fsp3) is 0.615. The van der Waals surface area contributed by atoms with Crippen molar-refractivity contribution >= 4 is 24.8 Å². The Balaban J connectivity index is 0.000000902. The number of rotatable bonds is 2. The third-order valence-corrected chi connectivity index (χ3v) is 3.53. The highest BCUT2D eigenvalue weighted by atomic mass is 35.5. The van der Waals surface area contributed by atoms with Gasteiger partial charge in [0.15, 0.2) is 0 Å². The molecule has 2 atom stereocenters. The van der Waals surface area contributed by atoms with Gasteiger partial charge in [-0.1, -0.05) is 6.07 Å². The molecule has 0 saturated carbocycles. The molecular weight excluding hydrogens is 287 g/mol. The molecule has 1 N–H and O–H groups in total. The first-order chi connectivity index (χ1) is 8.36. The summed E-state index contributed by atoms with van der Waals surface area (Å²) in [7, 11) is 0. The highest BCUT2D eigenvalue weighted by Gasteiger charge is 2.42. The van der Waals surface area contributed by atoms with Crippen LogP contribution in [0, 0.1) is 0 Å². The summed E-state index contributed by atoms with van der Waals surface area (Å²) in [5.41, 5.74) is 0.0116. The Morgan fingerprint density at radius 1 is 1.37 bits per heavy atom. The largest absolute Gasteiger partial charge is 0.472 e. The zero-order valence-corrected chi connectivity index (χ0v) is 12.3. The molecule has 0 unspecified atom stereocenters. The van der Waals surface area contributed by atoms with Crippen LogP contribution in [0.4, 0.5) is 0 Å². The topological polar surface area (TPSA) is 43.4 Å². The van der Waals surface area contributed by atoms with Crippen LogP contribution >= 0.6 is 24.8 Å². The van der Waals surface area contributed by atoms with E-state index in [9.17, 15) is 0 Å². The molecule has 3 heterocycles. The summed E-state index contributed by atoms with van der Waals surface area (Å²) in [5, 5.41) is 3.41. The van der Waals surface area contributed by atoms with Crippen LogP contribution in [0.25, 0.3) is 0 Å². The molecule has 1 spiro atoms. The van der Waals surface area contributed by atoms with Crippen molar-refractivity contribution in [3.63, 3.8) is 0 Å². The Morgan fingerprint density at radius 2 is 2.26 bits per heavy atom. The highest BCUT2D eigenvalue weighted by molar-refractivity contribution is 5.85. The number of piperidine rings is 1. The van der Waals surface area contributed by atoms with Crippen molar-refractivity contribution in [2.24, 2.45) is 0 Å². The number of hydrogen-bond acceptors (Lipinski definition) is 4. The second kappa shape index (κ2) is 7.29. The van der Waals surface area contributed by atoms with Crippen LogP contribution in [0.3, 0.4) is 0 Å². The van der Waals surface area contributed by atoms with Gasteiger partial charge < -0.3 is 14.8 Å². The lowest BCUT2D eigenvalue weighted by atomic mass is 9.90. The van der Waals surface area contributed by atoms with E-state index in [2.05, 4.69) is 10.3 Å². The van der Waals surface area contributed by atoms with E-state index in [1.807, 2.05) is 18.2 Å². The van der Waals surface area contributed by atoms with E-state index in [1.54, 1.807) is 6.20 Å². The van der Waals surface area contributed by atoms with Crippen molar-refractivity contribution in [2.75, 3.05) is 19.7 Å². The standard InChI is InChI=1S/C13H18N2O2.2ClH/c1-2-7-15-12(4-1)17-11-8-13(16-9-11)5-3-6-14-10-13;;/h1-2,4,7,11,14H,3,5-6,8-10H2;2*1H/t11-,13+;;/m0../s1. The van der Waals surface area contributed by atoms with Crippen molar-refractivity contribution in [1.29, 1.82) is 0 Å². The molecule has 2 aliphatic heterocycles. The molecule has 1 aromatic heterocycles. The number of nitrogens with zero attached hydrogens (tertiary/aromatic N) is 1. The normalized spacial score (nSPS) is 29.4. The Bertz CT molecular complexity index is 372. The maximum absolute atomic E-state index is 5.95. The van der Waals surface area contributed by atoms with E-state index >= 15 is 0 Å². The smallest absolute Gasteiger partial charge is 0.213 e. The number of halogens is 2. The fourth-order valence-electron chi connectivity index (χ4n) is 2.70. The number of pyridine rings is 1. The molecule has 3 rings (SSSR count). The zero-order valence-electron chi connectivity index (χ0n) is 10.7. The predicted molar refractivity (Wildman–Crippen MR) is 78.6 cm³/mol. The maximum Gasteiger partial charge on any atom is 0.213 e. The highest BCUT2D eigenvalue weighted by Crippen LogP contribution is 2.33. The summed E-state index contributed by atoms with van der Waals surface area (Å²) in [6.07, 6.45) is 5.20. The van der Waals surface area contributed by atoms with Gasteiger partial charge in [0.1, 0.15) is 6.10 Å². The molecule has 0 amide bonds. The minimum atomic E-state index is 0. The quantitative estimate of drug-likeness (QED) is 0.910. The Morgan fingerprint density at radius 3 is 2.95 bits per heavy atom. The lowest BCUT2D eigenvalue weighted by Crippen LogP contribution is -2.45. The Kier molecular flexibility index (Phi) is 6.33. The van der Waals surface area contributed by atoms with Crippen molar-refractivity contribution in [3.05, 3.63) is 24.4 Å². The van der Waals surface area contributed by atoms with Crippen molar-refractivity contribution < 1.29 is 9.47 Å². The molecule has 4 nitrogen and oxygen atoms in total. The molecular formula is C13H20Cl2N2O2. The van der Waals surface area contributed by atoms with E-state index in [-0.39, 0.29) is 36.5 Å². The zero-order chi connectivity index (χ0) is 11.6. The lowest BCUT2D eigenvalue weighted by molar-refractivity contribution is -0.0153. The average Bonchev–Trinajstić information content (AvgIpc) is 2.74. The van der Waals surface area contributed by atoms with Crippen LogP contribution in [0.2, 0.25) is 0 Å². The second-order valence-corrected chi connectivity index (χ2v) is 4.89. The third-order valence-electron chi connectivity index (χ3n) is 3.53. The van der Waals surface area contributed by atoms with Gasteiger partial charge in [0.05, 0.1) is 12.2 Å². The maximum atomic E-state index is 5.95. The summed E-state index contributed by atoms with van der Waals surface area (Å²) >= 11 is 0. The Labute approximate surface area is 126 Å². The van der Waals surface area contributed by atoms with Crippen LogP contribution in [0.15, 0.2) is 24.4 Å². The number of hydrogen-bond donors (Lipinski definition) is 1. The van der Waals surface area contributed by atoms with Crippen LogP contribution in [0.1, 0.15) is 19.3 Å². The van der Waals surface area contributed by atoms with Gasteiger partial charge in [0, 0.05) is 25.2 Å². The van der Waals surface area contributed by atoms with Crippen LogP contribution in [0.5, 0.6) is 5.88 Å². The number of nitrogens with one attached hydrogen (secondary N) is 1. The van der Waals surface area contributed by atoms with Gasteiger partial charge in [-0.05, 0) is 25.5 Å². The molecule has 2 fully saturated rings. The molecule has 0 radical (unpaired) electrons. The minimum Gasteiger partial charge on any atom is -0.472 e. The first-order valence-electron chi connectivity index (χ1n) is 6.29. The molecule has 19 heavy (non-hydrogen) atoms. The number of ether oxygens (including phenoxy) is 2. The molecule has 2 saturated heterocycles. The SMILES string of the molecule is Cl.Cl.c1ccc(O[C@@H]2CO[C@]3(CCCNC3)C2)nc1. The minimum absolute atomic E-state index is 0. The average molecular weight is 307 g/mol. The van der Waals surface area contributed by atoms with E-state index in [1.165, 1.54) is 6.42 Å². The van der Waals surface area contributed by atoms with Gasteiger partial charge >= 0.3 is 0 Å². The summed E-state index contributed by atoms with van der Waals surface area (Å²) in [6.45, 7) is 2.74. The summed E-state index contributed by atoms with van der Waals surface area (Å²) < 4.78 is 11.8. The van der Waals surface area contributed by atoms with Gasteiger partial charge in [-0.2, -0.15) is 0 Å². The van der Waals surface area contributed by atoms with Crippen LogP contribution in [-0.4, -0.2) is 36.4 Å². The lowest BCUT2D eigenvalue weighted by Gasteiger charge is -2.32. The molecule has 0 bridgehead atoms. The fourth-order valence-corrected chi connectivity index (χ4v) is 2.70. The van der Waals surface area contributed by atoms with Crippen LogP contribution in [-0.2, 0) is 4.74 Å². The molecule has 6 heteroatoms. The van der Waals surface area contributed by atoms with E-state index in [0.29, 0.717) is 12.5 Å². The van der Waals surface area contributed by atoms with Crippen LogP contribution < -0.4 is 10.1 Å². The molecule has 2 aliphatic rings. The Hall–Kier alpha value is -0.550. The monoisotopic (exact) mass is 306 g/mol. The van der Waals surface area contributed by atoms with E-state index in [4.69, 9.17) is 9.47 Å². The van der Waals surface area contributed by atoms with Gasteiger partial charge in [0.2, 0.25) is 5.88 Å². The van der Waals surface area contributed by atoms with E-state index in [0.717, 1.165) is 25.9 Å². The molecule has 0 aliphatic carbocycles. The van der Waals surface area contributed by atoms with Crippen molar-refractivity contribution in [3.8, 4) is 5.88 Å². The molecule has 108 valence electrons. The van der Waals surface area contributed by atoms with Gasteiger partial charge in [0.25, 0.3) is 0 Å². The summed E-state index contributed by atoms with van der Waals surface area (Å²) in [4.78, 5) is 4.18. The first kappa shape index (κ1) is 16.5. The van der Waals surface area contributed by atoms with Gasteiger partial charge in [-0.3, -0.25) is 0 Å². The predicted octanol–water partition coefficient (Wildman–Crippen LogP) is 2.22. The third kappa shape index (κ3) is 3.96. The van der Waals surface area contributed by atoms with E-state index < -0.39 is 0 Å². The second-order valence-electron chi connectivity index (χ2n) is 4.89. The number of aromatic nitrogens is 1. The van der Waals surface area contributed by atoms with Crippen molar-refractivity contribution in [2.45, 2.75) is 31.0 Å². The van der Waals surface area contributed by atoms with Crippen molar-refractivity contribution in [1.82, 2.24) is 10.3 Å². The molecule has 0 aromatic carbocycles. The summed E-state index contributed by atoms with van der Waals surface area (Å²) in [5.74, 6) is 0.696. The molecule has 1 aromatic rings. The van der Waals surface area contributed by atoms with Gasteiger partial charge in [-0.25, -0.2) is 4.98 Å².